The maximum absolute atomic E-state index is 12.7. The van der Waals surface area contributed by atoms with E-state index < -0.39 is 0 Å². The Morgan fingerprint density at radius 2 is 1.79 bits per heavy atom. The summed E-state index contributed by atoms with van der Waals surface area (Å²) in [6.45, 7) is 19.5. The molecule has 0 amide bonds. The van der Waals surface area contributed by atoms with Crippen LogP contribution >= 0.6 is 11.6 Å². The normalized spacial score (nSPS) is 15.6. The number of nitrogens with zero attached hydrogens (tertiary/aromatic N) is 2. The van der Waals surface area contributed by atoms with Gasteiger partial charge in [-0.05, 0) is 51.5 Å². The lowest BCUT2D eigenvalue weighted by atomic mass is 10.0. The molecule has 0 bridgehead atoms. The molecule has 0 saturated heterocycles. The molecule has 1 N–H and O–H groups in total. The molecule has 29 heavy (non-hydrogen) atoms. The topological polar surface area (TPSA) is 49.0 Å². The highest BCUT2D eigenvalue weighted by molar-refractivity contribution is 6.30. The molecule has 0 aliphatic carbocycles. The summed E-state index contributed by atoms with van der Waals surface area (Å²) in [7, 11) is 0. The maximum atomic E-state index is 12.7. The zero-order chi connectivity index (χ0) is 22.2. The quantitative estimate of drug-likeness (QED) is 0.558. The number of aromatic nitrogens is 2. The van der Waals surface area contributed by atoms with E-state index in [1.54, 1.807) is 0 Å². The van der Waals surface area contributed by atoms with Gasteiger partial charge in [0.05, 0.1) is 17.3 Å². The van der Waals surface area contributed by atoms with Gasteiger partial charge in [-0.1, -0.05) is 45.2 Å². The van der Waals surface area contributed by atoms with E-state index in [0.29, 0.717) is 17.4 Å². The van der Waals surface area contributed by atoms with Gasteiger partial charge in [-0.25, -0.2) is 4.98 Å². The molecule has 160 valence electrons. The molecular weight excluding hydrogens is 382 g/mol. The van der Waals surface area contributed by atoms with Crippen molar-refractivity contribution in [3.05, 3.63) is 64.1 Å². The Kier molecular flexibility index (Phi) is 9.81. The molecule has 0 saturated carbocycles. The van der Waals surface area contributed by atoms with E-state index >= 15 is 0 Å². The number of benzene rings is 1. The standard InChI is InChI=1S/C20H26ClN3O.C2H6.C2H4/c1-5-6-7-16-17-15(12-24(16)20(2,3)4)19(25)23-18(22-17)13-8-10-14(21)11-9-13;2*1-2/h8-11,16H,5-7,12H2,1-4H3,(H,22,23,25);1-2H3;1-2H2. The highest BCUT2D eigenvalue weighted by Crippen LogP contribution is 2.39. The van der Waals surface area contributed by atoms with Gasteiger partial charge in [0.25, 0.3) is 5.56 Å². The Hall–Kier alpha value is -1.91. The lowest BCUT2D eigenvalue weighted by Crippen LogP contribution is -2.40. The van der Waals surface area contributed by atoms with Gasteiger partial charge in [0.1, 0.15) is 5.82 Å². The van der Waals surface area contributed by atoms with Crippen molar-refractivity contribution in [3.63, 3.8) is 0 Å². The van der Waals surface area contributed by atoms with Crippen LogP contribution in [-0.4, -0.2) is 20.4 Å². The Morgan fingerprint density at radius 1 is 1.21 bits per heavy atom. The highest BCUT2D eigenvalue weighted by atomic mass is 35.5. The van der Waals surface area contributed by atoms with E-state index in [1.165, 1.54) is 0 Å². The van der Waals surface area contributed by atoms with E-state index in [2.05, 4.69) is 50.7 Å². The van der Waals surface area contributed by atoms with Gasteiger partial charge in [-0.2, -0.15) is 0 Å². The molecule has 0 radical (unpaired) electrons. The van der Waals surface area contributed by atoms with Gasteiger partial charge < -0.3 is 4.98 Å². The van der Waals surface area contributed by atoms with Gasteiger partial charge in [-0.15, -0.1) is 13.2 Å². The Balaban J connectivity index is 0.000000989. The average Bonchev–Trinajstić information content (AvgIpc) is 3.09. The molecule has 0 fully saturated rings. The second kappa shape index (κ2) is 11.3. The fourth-order valence-electron chi connectivity index (χ4n) is 3.51. The number of fused-ring (bicyclic) bond motifs is 1. The van der Waals surface area contributed by atoms with Crippen molar-refractivity contribution in [2.75, 3.05) is 0 Å². The summed E-state index contributed by atoms with van der Waals surface area (Å²) in [6, 6.07) is 7.62. The van der Waals surface area contributed by atoms with Crippen LogP contribution < -0.4 is 5.56 Å². The van der Waals surface area contributed by atoms with Crippen LogP contribution in [0, 0.1) is 0 Å². The van der Waals surface area contributed by atoms with E-state index in [9.17, 15) is 4.79 Å². The summed E-state index contributed by atoms with van der Waals surface area (Å²) in [5.74, 6) is 0.623. The van der Waals surface area contributed by atoms with Crippen molar-refractivity contribution < 1.29 is 0 Å². The molecular formula is C24H36ClN3O. The minimum absolute atomic E-state index is 0.00795. The van der Waals surface area contributed by atoms with Crippen LogP contribution in [0.1, 0.15) is 78.1 Å². The third-order valence-corrected chi connectivity index (χ3v) is 5.13. The second-order valence-electron chi connectivity index (χ2n) is 7.74. The van der Waals surface area contributed by atoms with Crippen molar-refractivity contribution in [1.82, 2.24) is 14.9 Å². The third kappa shape index (κ3) is 6.03. The number of hydrogen-bond donors (Lipinski definition) is 1. The molecule has 5 heteroatoms. The molecule has 1 aliphatic rings. The summed E-state index contributed by atoms with van der Waals surface area (Å²) >= 11 is 5.97. The van der Waals surface area contributed by atoms with Crippen LogP contribution in [0.2, 0.25) is 5.02 Å². The third-order valence-electron chi connectivity index (χ3n) is 4.88. The lowest BCUT2D eigenvalue weighted by Gasteiger charge is -2.36. The maximum Gasteiger partial charge on any atom is 0.255 e. The summed E-state index contributed by atoms with van der Waals surface area (Å²) < 4.78 is 0. The molecule has 1 aliphatic heterocycles. The molecule has 2 heterocycles. The van der Waals surface area contributed by atoms with E-state index in [-0.39, 0.29) is 17.1 Å². The molecule has 3 rings (SSSR count). The van der Waals surface area contributed by atoms with Crippen LogP contribution in [-0.2, 0) is 6.54 Å². The van der Waals surface area contributed by atoms with E-state index in [1.807, 2.05) is 38.1 Å². The minimum Gasteiger partial charge on any atom is -0.306 e. The van der Waals surface area contributed by atoms with Crippen LogP contribution in [0.25, 0.3) is 11.4 Å². The number of halogens is 1. The molecule has 1 aromatic carbocycles. The summed E-state index contributed by atoms with van der Waals surface area (Å²) in [5, 5.41) is 0.673. The number of H-pyrrole nitrogens is 1. The molecule has 1 unspecified atom stereocenters. The minimum atomic E-state index is -0.0248. The van der Waals surface area contributed by atoms with Crippen molar-refractivity contribution >= 4 is 11.6 Å². The Morgan fingerprint density at radius 3 is 2.31 bits per heavy atom. The first-order valence-electron chi connectivity index (χ1n) is 10.5. The predicted molar refractivity (Wildman–Crippen MR) is 125 cm³/mol. The zero-order valence-corrected chi connectivity index (χ0v) is 19.6. The fourth-order valence-corrected chi connectivity index (χ4v) is 3.64. The van der Waals surface area contributed by atoms with Gasteiger partial charge in [0.2, 0.25) is 0 Å². The van der Waals surface area contributed by atoms with Crippen LogP contribution in [0.5, 0.6) is 0 Å². The van der Waals surface area contributed by atoms with Crippen molar-refractivity contribution in [3.8, 4) is 11.4 Å². The first-order valence-corrected chi connectivity index (χ1v) is 10.8. The molecule has 1 atom stereocenters. The van der Waals surface area contributed by atoms with Gasteiger partial charge in [-0.3, -0.25) is 9.69 Å². The van der Waals surface area contributed by atoms with Crippen molar-refractivity contribution in [1.29, 1.82) is 0 Å². The molecule has 4 nitrogen and oxygen atoms in total. The molecule has 0 spiro atoms. The number of hydrogen-bond acceptors (Lipinski definition) is 3. The first-order chi connectivity index (χ1) is 13.8. The number of unbranched alkanes of at least 4 members (excludes halogenated alkanes) is 1. The van der Waals surface area contributed by atoms with E-state index in [4.69, 9.17) is 16.6 Å². The largest absolute Gasteiger partial charge is 0.306 e. The van der Waals surface area contributed by atoms with Crippen molar-refractivity contribution in [2.45, 2.75) is 78.9 Å². The van der Waals surface area contributed by atoms with Gasteiger partial charge >= 0.3 is 0 Å². The molecule has 1 aromatic heterocycles. The lowest BCUT2D eigenvalue weighted by molar-refractivity contribution is 0.0833. The number of aromatic amines is 1. The predicted octanol–water partition coefficient (Wildman–Crippen LogP) is 6.76. The average molecular weight is 418 g/mol. The Bertz CT molecular complexity index is 821. The van der Waals surface area contributed by atoms with Gasteiger partial charge in [0.15, 0.2) is 0 Å². The monoisotopic (exact) mass is 417 g/mol. The smallest absolute Gasteiger partial charge is 0.255 e. The first kappa shape index (κ1) is 25.1. The molecule has 2 aromatic rings. The van der Waals surface area contributed by atoms with Crippen molar-refractivity contribution in [2.24, 2.45) is 0 Å². The number of rotatable bonds is 4. The number of nitrogens with one attached hydrogen (secondary N) is 1. The SMILES string of the molecule is C=C.CC.CCCCC1c2nc(-c3ccc(Cl)cc3)[nH]c(=O)c2CN1C(C)(C)C. The fraction of sp³-hybridized carbons (Fsp3) is 0.500. The van der Waals surface area contributed by atoms with Crippen LogP contribution in [0.4, 0.5) is 0 Å². The summed E-state index contributed by atoms with van der Waals surface area (Å²) in [6.07, 6.45) is 3.29. The zero-order valence-electron chi connectivity index (χ0n) is 18.8. The second-order valence-corrected chi connectivity index (χ2v) is 8.18. The van der Waals surface area contributed by atoms with Crippen LogP contribution in [0.15, 0.2) is 42.2 Å². The highest BCUT2D eigenvalue weighted by Gasteiger charge is 2.39. The summed E-state index contributed by atoms with van der Waals surface area (Å²) in [5.41, 5.74) is 2.60. The van der Waals surface area contributed by atoms with Gasteiger partial charge in [0, 0.05) is 22.7 Å². The van der Waals surface area contributed by atoms with E-state index in [0.717, 1.165) is 36.1 Å². The summed E-state index contributed by atoms with van der Waals surface area (Å²) in [4.78, 5) is 22.9. The Labute approximate surface area is 181 Å². The van der Waals surface area contributed by atoms with Crippen LogP contribution in [0.3, 0.4) is 0 Å².